The number of anilines is 1. The van der Waals surface area contributed by atoms with Crippen LogP contribution in [0, 0.1) is 0 Å². The van der Waals surface area contributed by atoms with E-state index in [0.717, 1.165) is 11.8 Å². The van der Waals surface area contributed by atoms with Crippen molar-refractivity contribution in [1.82, 2.24) is 29.6 Å². The fraction of sp³-hybridized carbons (Fsp3) is 0.0556. The summed E-state index contributed by atoms with van der Waals surface area (Å²) in [5.41, 5.74) is 1.80. The number of carbonyl (C=O) groups excluding carboxylic acids is 1. The Labute approximate surface area is 185 Å². The van der Waals surface area contributed by atoms with Gasteiger partial charge in [0.1, 0.15) is 12.7 Å². The minimum absolute atomic E-state index is 0.0567. The average Bonchev–Trinajstić information content (AvgIpc) is 3.37. The van der Waals surface area contributed by atoms with E-state index in [9.17, 15) is 4.79 Å². The zero-order valence-corrected chi connectivity index (χ0v) is 17.6. The minimum Gasteiger partial charge on any atom is -0.335 e. The van der Waals surface area contributed by atoms with Crippen LogP contribution < -0.4 is 11.2 Å². The smallest absolute Gasteiger partial charge is 0.234 e. The molecule has 0 fully saturated rings. The highest BCUT2D eigenvalue weighted by molar-refractivity contribution is 7.99. The number of rotatable bonds is 6. The number of thioether (sulfide) groups is 1. The Morgan fingerprint density at radius 2 is 2.00 bits per heavy atom. The number of carbonyl (C=O) groups is 1. The van der Waals surface area contributed by atoms with E-state index in [0.29, 0.717) is 38.0 Å². The maximum Gasteiger partial charge on any atom is 0.234 e. The molecule has 2 aromatic heterocycles. The molecule has 0 spiro atoms. The van der Waals surface area contributed by atoms with Gasteiger partial charge in [-0.1, -0.05) is 47.1 Å². The van der Waals surface area contributed by atoms with Crippen LogP contribution in [0.15, 0.2) is 60.3 Å². The lowest BCUT2D eigenvalue weighted by Crippen LogP contribution is -2.17. The van der Waals surface area contributed by atoms with E-state index in [2.05, 4.69) is 25.6 Å². The molecule has 9 nitrogen and oxygen atoms in total. The summed E-state index contributed by atoms with van der Waals surface area (Å²) in [6.07, 6.45) is 2.93. The molecule has 2 aromatic carbocycles. The minimum atomic E-state index is -0.272. The molecule has 0 saturated carbocycles. The lowest BCUT2D eigenvalue weighted by molar-refractivity contribution is -0.113. The fourth-order valence-corrected chi connectivity index (χ4v) is 3.71. The standard InChI is InChI=1S/C18H14Cl2N8OS/c19-11-5-6-15(27-10-22-9-23-27)14(7-11)24-16(29)8-30-18-26-25-17(28(18)21)12-3-1-2-4-13(12)20/h1-7,9-10H,8,21H2,(H,24,29). The van der Waals surface area contributed by atoms with Gasteiger partial charge in [0.15, 0.2) is 5.82 Å². The molecular formula is C18H14Cl2N8OS. The van der Waals surface area contributed by atoms with Gasteiger partial charge < -0.3 is 11.2 Å². The molecule has 0 saturated heterocycles. The largest absolute Gasteiger partial charge is 0.335 e. The second-order valence-electron chi connectivity index (χ2n) is 5.99. The van der Waals surface area contributed by atoms with Crippen molar-refractivity contribution >= 4 is 46.6 Å². The van der Waals surface area contributed by atoms with Crippen LogP contribution in [0.1, 0.15) is 0 Å². The van der Waals surface area contributed by atoms with Crippen LogP contribution in [0.4, 0.5) is 5.69 Å². The molecule has 3 N–H and O–H groups in total. The first-order valence-corrected chi connectivity index (χ1v) is 10.3. The highest BCUT2D eigenvalue weighted by Gasteiger charge is 2.16. The highest BCUT2D eigenvalue weighted by atomic mass is 35.5. The van der Waals surface area contributed by atoms with E-state index < -0.39 is 0 Å². The quantitative estimate of drug-likeness (QED) is 0.334. The van der Waals surface area contributed by atoms with Crippen molar-refractivity contribution in [1.29, 1.82) is 0 Å². The van der Waals surface area contributed by atoms with Gasteiger partial charge in [-0.2, -0.15) is 5.10 Å². The predicted molar refractivity (Wildman–Crippen MR) is 116 cm³/mol. The van der Waals surface area contributed by atoms with Gasteiger partial charge in [-0.25, -0.2) is 14.3 Å². The number of nitrogens with two attached hydrogens (primary N) is 1. The second-order valence-corrected chi connectivity index (χ2v) is 7.78. The van der Waals surface area contributed by atoms with Gasteiger partial charge in [-0.15, -0.1) is 10.2 Å². The van der Waals surface area contributed by atoms with E-state index in [4.69, 9.17) is 29.0 Å². The summed E-state index contributed by atoms with van der Waals surface area (Å²) in [5, 5.41) is 16.4. The van der Waals surface area contributed by atoms with Gasteiger partial charge in [-0.05, 0) is 30.3 Å². The van der Waals surface area contributed by atoms with Crippen LogP contribution in [-0.4, -0.2) is 41.3 Å². The molecular weight excluding hydrogens is 447 g/mol. The molecule has 0 aliphatic rings. The molecule has 152 valence electrons. The molecule has 1 amide bonds. The van der Waals surface area contributed by atoms with Crippen molar-refractivity contribution < 1.29 is 4.79 Å². The van der Waals surface area contributed by atoms with Gasteiger partial charge >= 0.3 is 0 Å². The molecule has 0 aliphatic heterocycles. The van der Waals surface area contributed by atoms with Gasteiger partial charge in [0.05, 0.1) is 22.2 Å². The summed E-state index contributed by atoms with van der Waals surface area (Å²) in [5.74, 6) is 6.29. The van der Waals surface area contributed by atoms with Crippen LogP contribution in [0.5, 0.6) is 0 Å². The number of hydrogen-bond acceptors (Lipinski definition) is 7. The molecule has 0 unspecified atom stereocenters. The fourth-order valence-electron chi connectivity index (χ4n) is 2.66. The maximum absolute atomic E-state index is 12.5. The molecule has 0 atom stereocenters. The molecule has 4 rings (SSSR count). The number of amides is 1. The van der Waals surface area contributed by atoms with Gasteiger partial charge in [0.2, 0.25) is 11.1 Å². The second kappa shape index (κ2) is 8.74. The Kier molecular flexibility index (Phi) is 5.88. The van der Waals surface area contributed by atoms with Crippen LogP contribution >= 0.6 is 35.0 Å². The molecule has 30 heavy (non-hydrogen) atoms. The number of halogens is 2. The third kappa shape index (κ3) is 4.25. The van der Waals surface area contributed by atoms with E-state index in [1.807, 2.05) is 12.1 Å². The topological polar surface area (TPSA) is 117 Å². The third-order valence-electron chi connectivity index (χ3n) is 4.01. The molecule has 2 heterocycles. The normalized spacial score (nSPS) is 10.9. The lowest BCUT2D eigenvalue weighted by atomic mass is 10.2. The number of hydrogen-bond donors (Lipinski definition) is 2. The van der Waals surface area contributed by atoms with Crippen LogP contribution in [0.25, 0.3) is 17.1 Å². The van der Waals surface area contributed by atoms with Crippen molar-refractivity contribution in [3.05, 3.63) is 65.2 Å². The summed E-state index contributed by atoms with van der Waals surface area (Å²) < 4.78 is 2.84. The number of aromatic nitrogens is 6. The van der Waals surface area contributed by atoms with E-state index in [1.54, 1.807) is 30.3 Å². The Morgan fingerprint density at radius 1 is 1.17 bits per heavy atom. The van der Waals surface area contributed by atoms with Crippen LogP contribution in [0.3, 0.4) is 0 Å². The number of nitrogens with zero attached hydrogens (tertiary/aromatic N) is 6. The van der Waals surface area contributed by atoms with Crippen molar-refractivity contribution in [2.45, 2.75) is 5.16 Å². The predicted octanol–water partition coefficient (Wildman–Crippen LogP) is 3.28. The maximum atomic E-state index is 12.5. The van der Waals surface area contributed by atoms with Crippen LogP contribution in [0.2, 0.25) is 10.0 Å². The Bertz CT molecular complexity index is 1190. The summed E-state index contributed by atoms with van der Waals surface area (Å²) >= 11 is 13.4. The van der Waals surface area contributed by atoms with Gasteiger partial charge in [0, 0.05) is 10.6 Å². The molecule has 12 heteroatoms. The Morgan fingerprint density at radius 3 is 2.77 bits per heavy atom. The summed E-state index contributed by atoms with van der Waals surface area (Å²) in [6, 6.07) is 12.3. The van der Waals surface area contributed by atoms with Crippen LogP contribution in [-0.2, 0) is 4.79 Å². The molecule has 0 aliphatic carbocycles. The van der Waals surface area contributed by atoms with E-state index in [-0.39, 0.29) is 11.7 Å². The summed E-state index contributed by atoms with van der Waals surface area (Å²) in [7, 11) is 0. The Balaban J connectivity index is 1.47. The first kappa shape index (κ1) is 20.2. The van der Waals surface area contributed by atoms with Crippen molar-refractivity contribution in [2.75, 3.05) is 16.9 Å². The molecule has 0 radical (unpaired) electrons. The zero-order valence-electron chi connectivity index (χ0n) is 15.2. The molecule has 0 bridgehead atoms. The summed E-state index contributed by atoms with van der Waals surface area (Å²) in [6.45, 7) is 0. The van der Waals surface area contributed by atoms with Crippen molar-refractivity contribution in [3.8, 4) is 17.1 Å². The van der Waals surface area contributed by atoms with Crippen molar-refractivity contribution in [2.24, 2.45) is 0 Å². The highest BCUT2D eigenvalue weighted by Crippen LogP contribution is 2.28. The number of benzene rings is 2. The monoisotopic (exact) mass is 460 g/mol. The Hall–Kier alpha value is -3.08. The average molecular weight is 461 g/mol. The van der Waals surface area contributed by atoms with Gasteiger partial charge in [0.25, 0.3) is 0 Å². The van der Waals surface area contributed by atoms with E-state index >= 15 is 0 Å². The number of nitrogens with one attached hydrogen (secondary N) is 1. The lowest BCUT2D eigenvalue weighted by Gasteiger charge is -2.11. The number of nitrogen functional groups attached to an aromatic ring is 1. The third-order valence-corrected chi connectivity index (χ3v) is 5.52. The van der Waals surface area contributed by atoms with Gasteiger partial charge in [-0.3, -0.25) is 4.79 Å². The first-order valence-electron chi connectivity index (χ1n) is 8.55. The van der Waals surface area contributed by atoms with Crippen molar-refractivity contribution in [3.63, 3.8) is 0 Å². The zero-order chi connectivity index (χ0) is 21.1. The SMILES string of the molecule is Nn1c(SCC(=O)Nc2cc(Cl)ccc2-n2cncn2)nnc1-c1ccccc1Cl. The molecule has 4 aromatic rings. The summed E-state index contributed by atoms with van der Waals surface area (Å²) in [4.78, 5) is 16.4. The van der Waals surface area contributed by atoms with E-state index in [1.165, 1.54) is 22.0 Å². The first-order chi connectivity index (χ1) is 14.5.